The molecule has 1 saturated heterocycles. The number of nitrogens with one attached hydrogen (secondary N) is 1. The highest BCUT2D eigenvalue weighted by Crippen LogP contribution is 2.42. The number of hydrogen-bond donors (Lipinski definition) is 1. The molecular formula is C15H26N2O. The molecule has 0 bridgehead atoms. The summed E-state index contributed by atoms with van der Waals surface area (Å²) in [6.45, 7) is 5.29. The number of piperidine rings is 1. The molecule has 102 valence electrons. The van der Waals surface area contributed by atoms with Crippen LogP contribution in [-0.2, 0) is 4.79 Å². The van der Waals surface area contributed by atoms with Crippen LogP contribution in [0.4, 0.5) is 0 Å². The predicted octanol–water partition coefficient (Wildman–Crippen LogP) is 2.17. The van der Waals surface area contributed by atoms with E-state index in [-0.39, 0.29) is 5.41 Å². The van der Waals surface area contributed by atoms with Gasteiger partial charge in [-0.1, -0.05) is 13.3 Å². The van der Waals surface area contributed by atoms with Gasteiger partial charge in [-0.15, -0.1) is 0 Å². The summed E-state index contributed by atoms with van der Waals surface area (Å²) in [5.41, 5.74) is -0.00568. The van der Waals surface area contributed by atoms with Crippen molar-refractivity contribution in [2.75, 3.05) is 19.6 Å². The van der Waals surface area contributed by atoms with Crippen LogP contribution in [0.1, 0.15) is 51.9 Å². The van der Waals surface area contributed by atoms with Crippen molar-refractivity contribution in [3.8, 4) is 0 Å². The minimum absolute atomic E-state index is 0.00568. The smallest absolute Gasteiger partial charge is 0.228 e. The van der Waals surface area contributed by atoms with Gasteiger partial charge in [0.05, 0.1) is 0 Å². The molecule has 1 aliphatic heterocycles. The molecule has 0 radical (unpaired) electrons. The highest BCUT2D eigenvalue weighted by molar-refractivity contribution is 5.83. The number of nitrogens with zero attached hydrogens (tertiary/aromatic N) is 1. The van der Waals surface area contributed by atoms with E-state index in [1.54, 1.807) is 0 Å². The molecule has 2 aliphatic carbocycles. The largest absolute Gasteiger partial charge is 0.342 e. The van der Waals surface area contributed by atoms with Crippen molar-refractivity contribution in [1.82, 2.24) is 10.2 Å². The molecule has 3 heteroatoms. The first-order chi connectivity index (χ1) is 8.67. The summed E-state index contributed by atoms with van der Waals surface area (Å²) in [7, 11) is 0. The lowest BCUT2D eigenvalue weighted by Gasteiger charge is -2.43. The van der Waals surface area contributed by atoms with Crippen LogP contribution in [0.15, 0.2) is 0 Å². The van der Waals surface area contributed by atoms with Crippen LogP contribution in [0, 0.1) is 11.3 Å². The summed E-state index contributed by atoms with van der Waals surface area (Å²) < 4.78 is 0. The fourth-order valence-corrected chi connectivity index (χ4v) is 3.24. The normalized spacial score (nSPS) is 27.9. The molecule has 0 unspecified atom stereocenters. The van der Waals surface area contributed by atoms with E-state index in [9.17, 15) is 4.79 Å². The van der Waals surface area contributed by atoms with Gasteiger partial charge in [0.1, 0.15) is 0 Å². The SMILES string of the molecule is CC1(C(=O)N2CCC(NCC3CC3)CC2)CCC1. The molecule has 3 rings (SSSR count). The minimum atomic E-state index is -0.00568. The molecule has 18 heavy (non-hydrogen) atoms. The number of hydrogen-bond acceptors (Lipinski definition) is 2. The Morgan fingerprint density at radius 1 is 1.22 bits per heavy atom. The van der Waals surface area contributed by atoms with Crippen LogP contribution >= 0.6 is 0 Å². The van der Waals surface area contributed by atoms with Gasteiger partial charge in [0, 0.05) is 24.5 Å². The highest BCUT2D eigenvalue weighted by atomic mass is 16.2. The average molecular weight is 250 g/mol. The Bertz CT molecular complexity index is 312. The van der Waals surface area contributed by atoms with E-state index in [1.165, 1.54) is 25.8 Å². The molecule has 0 atom stereocenters. The second-order valence-electron chi connectivity index (χ2n) is 6.83. The number of carbonyl (C=O) groups excluding carboxylic acids is 1. The van der Waals surface area contributed by atoms with E-state index in [2.05, 4.69) is 17.1 Å². The molecule has 0 aromatic heterocycles. The Morgan fingerprint density at radius 3 is 2.39 bits per heavy atom. The molecule has 1 N–H and O–H groups in total. The first kappa shape index (κ1) is 12.5. The molecular weight excluding hydrogens is 224 g/mol. The van der Waals surface area contributed by atoms with Crippen LogP contribution in [-0.4, -0.2) is 36.5 Å². The lowest BCUT2D eigenvalue weighted by atomic mass is 9.69. The fourth-order valence-electron chi connectivity index (χ4n) is 3.24. The Balaban J connectivity index is 1.42. The van der Waals surface area contributed by atoms with Gasteiger partial charge in [-0.3, -0.25) is 4.79 Å². The van der Waals surface area contributed by atoms with Crippen molar-refractivity contribution in [2.24, 2.45) is 11.3 Å². The Labute approximate surface area is 110 Å². The topological polar surface area (TPSA) is 32.3 Å². The van der Waals surface area contributed by atoms with E-state index in [0.717, 1.165) is 44.7 Å². The van der Waals surface area contributed by atoms with Crippen molar-refractivity contribution >= 4 is 5.91 Å². The maximum atomic E-state index is 12.4. The molecule has 2 saturated carbocycles. The van der Waals surface area contributed by atoms with Gasteiger partial charge in [0.15, 0.2) is 0 Å². The molecule has 0 aromatic rings. The van der Waals surface area contributed by atoms with Crippen molar-refractivity contribution < 1.29 is 4.79 Å². The summed E-state index contributed by atoms with van der Waals surface area (Å²) in [6, 6.07) is 0.656. The monoisotopic (exact) mass is 250 g/mol. The summed E-state index contributed by atoms with van der Waals surface area (Å²) >= 11 is 0. The first-order valence-electron chi connectivity index (χ1n) is 7.70. The van der Waals surface area contributed by atoms with Crippen molar-refractivity contribution in [1.29, 1.82) is 0 Å². The summed E-state index contributed by atoms with van der Waals surface area (Å²) in [6.07, 6.45) is 8.58. The Kier molecular flexibility index (Phi) is 3.35. The predicted molar refractivity (Wildman–Crippen MR) is 72.3 cm³/mol. The summed E-state index contributed by atoms with van der Waals surface area (Å²) in [5, 5.41) is 3.67. The second-order valence-corrected chi connectivity index (χ2v) is 6.83. The van der Waals surface area contributed by atoms with Gasteiger partial charge in [-0.05, 0) is 51.0 Å². The summed E-state index contributed by atoms with van der Waals surface area (Å²) in [5.74, 6) is 1.38. The van der Waals surface area contributed by atoms with Crippen LogP contribution in [0.5, 0.6) is 0 Å². The molecule has 3 nitrogen and oxygen atoms in total. The molecule has 3 fully saturated rings. The zero-order valence-electron chi connectivity index (χ0n) is 11.6. The number of rotatable bonds is 4. The van der Waals surface area contributed by atoms with Crippen molar-refractivity contribution in [2.45, 2.75) is 57.9 Å². The van der Waals surface area contributed by atoms with Crippen LogP contribution in [0.3, 0.4) is 0 Å². The van der Waals surface area contributed by atoms with Crippen molar-refractivity contribution in [3.05, 3.63) is 0 Å². The van der Waals surface area contributed by atoms with Crippen LogP contribution in [0.25, 0.3) is 0 Å². The van der Waals surface area contributed by atoms with Gasteiger partial charge in [0.25, 0.3) is 0 Å². The van der Waals surface area contributed by atoms with E-state index in [1.807, 2.05) is 0 Å². The zero-order chi connectivity index (χ0) is 12.6. The molecule has 3 aliphatic rings. The van der Waals surface area contributed by atoms with Gasteiger partial charge in [0.2, 0.25) is 5.91 Å². The van der Waals surface area contributed by atoms with Gasteiger partial charge < -0.3 is 10.2 Å². The molecule has 0 aromatic carbocycles. The summed E-state index contributed by atoms with van der Waals surface area (Å²) in [4.78, 5) is 14.5. The molecule has 1 heterocycles. The lowest BCUT2D eigenvalue weighted by molar-refractivity contribution is -0.147. The zero-order valence-corrected chi connectivity index (χ0v) is 11.6. The first-order valence-corrected chi connectivity index (χ1v) is 7.70. The highest BCUT2D eigenvalue weighted by Gasteiger charge is 2.42. The Hall–Kier alpha value is -0.570. The van der Waals surface area contributed by atoms with Crippen LogP contribution < -0.4 is 5.32 Å². The Morgan fingerprint density at radius 2 is 1.89 bits per heavy atom. The number of carbonyl (C=O) groups is 1. The van der Waals surface area contributed by atoms with Crippen molar-refractivity contribution in [3.63, 3.8) is 0 Å². The third-order valence-corrected chi connectivity index (χ3v) is 5.15. The van der Waals surface area contributed by atoms with Gasteiger partial charge >= 0.3 is 0 Å². The average Bonchev–Trinajstić information content (AvgIpc) is 3.17. The maximum absolute atomic E-state index is 12.4. The third-order valence-electron chi connectivity index (χ3n) is 5.15. The fraction of sp³-hybridized carbons (Fsp3) is 0.933. The second kappa shape index (κ2) is 4.84. The maximum Gasteiger partial charge on any atom is 0.228 e. The molecule has 1 amide bonds. The van der Waals surface area contributed by atoms with Crippen LogP contribution in [0.2, 0.25) is 0 Å². The third kappa shape index (κ3) is 2.56. The van der Waals surface area contributed by atoms with E-state index >= 15 is 0 Å². The van der Waals surface area contributed by atoms with E-state index in [0.29, 0.717) is 11.9 Å². The number of amides is 1. The van der Waals surface area contributed by atoms with E-state index < -0.39 is 0 Å². The minimum Gasteiger partial charge on any atom is -0.342 e. The van der Waals surface area contributed by atoms with Gasteiger partial charge in [-0.25, -0.2) is 0 Å². The molecule has 0 spiro atoms. The van der Waals surface area contributed by atoms with E-state index in [4.69, 9.17) is 0 Å². The quantitative estimate of drug-likeness (QED) is 0.829. The lowest BCUT2D eigenvalue weighted by Crippen LogP contribution is -2.51. The number of likely N-dealkylation sites (tertiary alicyclic amines) is 1. The standard InChI is InChI=1S/C15H26N2O/c1-15(7-2-8-15)14(18)17-9-5-13(6-10-17)16-11-12-3-4-12/h12-13,16H,2-11H2,1H3. The van der Waals surface area contributed by atoms with Gasteiger partial charge in [-0.2, -0.15) is 0 Å².